The lowest BCUT2D eigenvalue weighted by atomic mass is 10.1. The summed E-state index contributed by atoms with van der Waals surface area (Å²) in [4.78, 5) is 10.4. The first-order chi connectivity index (χ1) is 7.91. The van der Waals surface area contributed by atoms with Crippen LogP contribution in [0, 0.1) is 24.9 Å². The third-order valence-electron chi connectivity index (χ3n) is 3.04. The molecule has 4 nitrogen and oxygen atoms in total. The number of halogens is 2. The number of rotatable bonds is 4. The zero-order chi connectivity index (χ0) is 12.6. The van der Waals surface area contributed by atoms with Gasteiger partial charge in [-0.1, -0.05) is 6.92 Å². The standard InChI is InChI=1S/C11H12FIN2O2/c1-11(2-3-11)6-14-9-4-7(12)8(13)5-10(9)15(16)17/h4-5,14H,2-3,6H2,1H3. The molecule has 1 aliphatic rings. The number of nitrogens with zero attached hydrogens (tertiary/aromatic N) is 1. The van der Waals surface area contributed by atoms with Crippen molar-refractivity contribution in [2.24, 2.45) is 5.41 Å². The first kappa shape index (κ1) is 12.5. The Morgan fingerprint density at radius 2 is 2.24 bits per heavy atom. The summed E-state index contributed by atoms with van der Waals surface area (Å²) >= 11 is 1.75. The van der Waals surface area contributed by atoms with Crippen molar-refractivity contribution < 1.29 is 9.31 Å². The Hall–Kier alpha value is -0.920. The average molecular weight is 350 g/mol. The highest BCUT2D eigenvalue weighted by molar-refractivity contribution is 14.1. The third-order valence-corrected chi connectivity index (χ3v) is 3.87. The lowest BCUT2D eigenvalue weighted by Gasteiger charge is -2.12. The van der Waals surface area contributed by atoms with Crippen molar-refractivity contribution >= 4 is 34.0 Å². The van der Waals surface area contributed by atoms with Crippen molar-refractivity contribution in [3.05, 3.63) is 31.6 Å². The van der Waals surface area contributed by atoms with Gasteiger partial charge in [-0.3, -0.25) is 10.1 Å². The summed E-state index contributed by atoms with van der Waals surface area (Å²) in [5.41, 5.74) is 0.411. The van der Waals surface area contributed by atoms with Crippen LogP contribution in [0.2, 0.25) is 0 Å². The van der Waals surface area contributed by atoms with Crippen LogP contribution in [-0.2, 0) is 0 Å². The van der Waals surface area contributed by atoms with Crippen LogP contribution >= 0.6 is 22.6 Å². The van der Waals surface area contributed by atoms with E-state index in [9.17, 15) is 14.5 Å². The molecule has 0 heterocycles. The number of benzene rings is 1. The van der Waals surface area contributed by atoms with Crippen LogP contribution in [0.3, 0.4) is 0 Å². The Bertz CT molecular complexity index is 475. The molecule has 0 radical (unpaired) electrons. The van der Waals surface area contributed by atoms with Crippen molar-refractivity contribution in [1.29, 1.82) is 0 Å². The van der Waals surface area contributed by atoms with Gasteiger partial charge in [0.2, 0.25) is 0 Å². The first-order valence-corrected chi connectivity index (χ1v) is 6.36. The molecule has 0 bridgehead atoms. The van der Waals surface area contributed by atoms with E-state index >= 15 is 0 Å². The summed E-state index contributed by atoms with van der Waals surface area (Å²) < 4.78 is 13.6. The van der Waals surface area contributed by atoms with Crippen molar-refractivity contribution in [1.82, 2.24) is 0 Å². The van der Waals surface area contributed by atoms with Gasteiger partial charge < -0.3 is 5.32 Å². The lowest BCUT2D eigenvalue weighted by Crippen LogP contribution is -2.13. The highest BCUT2D eigenvalue weighted by atomic mass is 127. The second-order valence-corrected chi connectivity index (χ2v) is 5.87. The fourth-order valence-corrected chi connectivity index (χ4v) is 1.98. The van der Waals surface area contributed by atoms with Crippen LogP contribution in [0.5, 0.6) is 0 Å². The molecule has 1 saturated carbocycles. The Morgan fingerprint density at radius 1 is 1.59 bits per heavy atom. The summed E-state index contributed by atoms with van der Waals surface area (Å²) in [7, 11) is 0. The molecular formula is C11H12FIN2O2. The molecule has 0 spiro atoms. The van der Waals surface area contributed by atoms with Crippen LogP contribution < -0.4 is 5.32 Å². The van der Waals surface area contributed by atoms with Gasteiger partial charge in [0, 0.05) is 18.7 Å². The Kier molecular flexibility index (Phi) is 3.24. The molecule has 6 heteroatoms. The maximum Gasteiger partial charge on any atom is 0.293 e. The summed E-state index contributed by atoms with van der Waals surface area (Å²) in [5, 5.41) is 13.8. The number of nitro benzene ring substituents is 1. The van der Waals surface area contributed by atoms with Gasteiger partial charge in [0.15, 0.2) is 0 Å². The van der Waals surface area contributed by atoms with Crippen LogP contribution in [0.25, 0.3) is 0 Å². The van der Waals surface area contributed by atoms with Gasteiger partial charge in [0.25, 0.3) is 5.69 Å². The average Bonchev–Trinajstić information content (AvgIpc) is 2.98. The van der Waals surface area contributed by atoms with Gasteiger partial charge >= 0.3 is 0 Å². The van der Waals surface area contributed by atoms with Crippen molar-refractivity contribution in [3.63, 3.8) is 0 Å². The van der Waals surface area contributed by atoms with Crippen LogP contribution in [-0.4, -0.2) is 11.5 Å². The number of hydrogen-bond acceptors (Lipinski definition) is 3. The molecule has 0 aromatic heterocycles. The maximum atomic E-state index is 13.4. The predicted octanol–water partition coefficient (Wildman–Crippen LogP) is 3.55. The quantitative estimate of drug-likeness (QED) is 0.513. The molecule has 0 aliphatic heterocycles. The summed E-state index contributed by atoms with van der Waals surface area (Å²) in [6, 6.07) is 2.46. The molecule has 0 unspecified atom stereocenters. The summed E-state index contributed by atoms with van der Waals surface area (Å²) in [5.74, 6) is -0.431. The van der Waals surface area contributed by atoms with Gasteiger partial charge in [0.05, 0.1) is 8.49 Å². The molecule has 1 aliphatic carbocycles. The van der Waals surface area contributed by atoms with E-state index < -0.39 is 10.7 Å². The molecule has 1 aromatic rings. The number of anilines is 1. The monoisotopic (exact) mass is 350 g/mol. The Labute approximate surface area is 112 Å². The normalized spacial score (nSPS) is 16.6. The van der Waals surface area contributed by atoms with Gasteiger partial charge in [0.1, 0.15) is 11.5 Å². The van der Waals surface area contributed by atoms with E-state index in [0.29, 0.717) is 6.54 Å². The van der Waals surface area contributed by atoms with Gasteiger partial charge in [-0.15, -0.1) is 0 Å². The first-order valence-electron chi connectivity index (χ1n) is 5.29. The van der Waals surface area contributed by atoms with E-state index in [0.717, 1.165) is 12.8 Å². The molecule has 17 heavy (non-hydrogen) atoms. The number of nitro groups is 1. The Morgan fingerprint density at radius 3 is 2.76 bits per heavy atom. The summed E-state index contributed by atoms with van der Waals surface area (Å²) in [6.07, 6.45) is 2.22. The Balaban J connectivity index is 2.24. The topological polar surface area (TPSA) is 55.2 Å². The second-order valence-electron chi connectivity index (χ2n) is 4.70. The molecular weight excluding hydrogens is 338 g/mol. The smallest absolute Gasteiger partial charge is 0.293 e. The van der Waals surface area contributed by atoms with E-state index in [1.807, 2.05) is 0 Å². The van der Waals surface area contributed by atoms with Crippen molar-refractivity contribution in [2.75, 3.05) is 11.9 Å². The number of nitrogens with one attached hydrogen (secondary N) is 1. The zero-order valence-corrected chi connectivity index (χ0v) is 11.5. The third kappa shape index (κ3) is 2.85. The van der Waals surface area contributed by atoms with Crippen LogP contribution in [0.15, 0.2) is 12.1 Å². The minimum Gasteiger partial charge on any atom is -0.379 e. The molecule has 92 valence electrons. The summed E-state index contributed by atoms with van der Waals surface area (Å²) in [6.45, 7) is 2.75. The van der Waals surface area contributed by atoms with E-state index in [-0.39, 0.29) is 20.4 Å². The minimum absolute atomic E-state index is 0.0694. The van der Waals surface area contributed by atoms with Gasteiger partial charge in [-0.05, 0) is 40.8 Å². The minimum atomic E-state index is -0.487. The van der Waals surface area contributed by atoms with Crippen LogP contribution in [0.1, 0.15) is 19.8 Å². The molecule has 0 amide bonds. The molecule has 0 saturated heterocycles. The van der Waals surface area contributed by atoms with E-state index in [4.69, 9.17) is 0 Å². The lowest BCUT2D eigenvalue weighted by molar-refractivity contribution is -0.384. The second kappa shape index (κ2) is 4.40. The van der Waals surface area contributed by atoms with Crippen molar-refractivity contribution in [2.45, 2.75) is 19.8 Å². The van der Waals surface area contributed by atoms with E-state index in [2.05, 4.69) is 12.2 Å². The highest BCUT2D eigenvalue weighted by Gasteiger charge is 2.37. The SMILES string of the molecule is CC1(CNc2cc(F)c(I)cc2[N+](=O)[O-])CC1. The molecule has 2 rings (SSSR count). The fourth-order valence-electron chi connectivity index (χ4n) is 1.53. The predicted molar refractivity (Wildman–Crippen MR) is 71.6 cm³/mol. The van der Waals surface area contributed by atoms with Gasteiger partial charge in [-0.2, -0.15) is 0 Å². The van der Waals surface area contributed by atoms with E-state index in [1.165, 1.54) is 12.1 Å². The largest absolute Gasteiger partial charge is 0.379 e. The van der Waals surface area contributed by atoms with Gasteiger partial charge in [-0.25, -0.2) is 4.39 Å². The molecule has 1 aromatic carbocycles. The molecule has 1 N–H and O–H groups in total. The molecule has 1 fully saturated rings. The maximum absolute atomic E-state index is 13.4. The zero-order valence-electron chi connectivity index (χ0n) is 9.30. The van der Waals surface area contributed by atoms with E-state index in [1.54, 1.807) is 22.6 Å². The molecule has 0 atom stereocenters. The fraction of sp³-hybridized carbons (Fsp3) is 0.455. The van der Waals surface area contributed by atoms with Crippen molar-refractivity contribution in [3.8, 4) is 0 Å². The highest BCUT2D eigenvalue weighted by Crippen LogP contribution is 2.45. The van der Waals surface area contributed by atoms with Crippen LogP contribution in [0.4, 0.5) is 15.8 Å². The number of hydrogen-bond donors (Lipinski definition) is 1.